The van der Waals surface area contributed by atoms with E-state index in [9.17, 15) is 9.65 Å². The van der Waals surface area contributed by atoms with E-state index in [1.165, 1.54) is 6.07 Å². The van der Waals surface area contributed by atoms with Crippen molar-refractivity contribution in [3.8, 4) is 6.07 Å². The summed E-state index contributed by atoms with van der Waals surface area (Å²) < 4.78 is 13.2. The summed E-state index contributed by atoms with van der Waals surface area (Å²) in [6.07, 6.45) is 2.16. The fourth-order valence-corrected chi connectivity index (χ4v) is 2.81. The van der Waals surface area contributed by atoms with E-state index in [2.05, 4.69) is 11.4 Å². The average Bonchev–Trinajstić information content (AvgIpc) is 2.93. The van der Waals surface area contributed by atoms with Gasteiger partial charge in [0.1, 0.15) is 5.82 Å². The maximum absolute atomic E-state index is 13.2. The predicted molar refractivity (Wildman–Crippen MR) is 58.2 cm³/mol. The first-order valence-electron chi connectivity index (χ1n) is 5.65. The van der Waals surface area contributed by atoms with Crippen LogP contribution in [-0.4, -0.2) is 12.1 Å². The highest BCUT2D eigenvalue weighted by Crippen LogP contribution is 2.51. The second kappa shape index (κ2) is 3.29. The molecular weight excluding hydrogens is 203 g/mol. The van der Waals surface area contributed by atoms with Gasteiger partial charge in [-0.05, 0) is 30.5 Å². The maximum Gasteiger partial charge on any atom is 0.123 e. The van der Waals surface area contributed by atoms with E-state index in [0.717, 1.165) is 24.9 Å². The fraction of sp³-hybridized carbons (Fsp3) is 0.462. The molecule has 1 saturated heterocycles. The molecule has 2 atom stereocenters. The van der Waals surface area contributed by atoms with Crippen molar-refractivity contribution in [2.45, 2.75) is 24.3 Å². The minimum atomic E-state index is -0.217. The Kier molecular flexibility index (Phi) is 2.02. The average molecular weight is 216 g/mol. The summed E-state index contributed by atoms with van der Waals surface area (Å²) in [5.41, 5.74) is 0.994. The van der Waals surface area contributed by atoms with Gasteiger partial charge in [-0.15, -0.1) is 0 Å². The van der Waals surface area contributed by atoms with Crippen molar-refractivity contribution in [1.82, 2.24) is 5.32 Å². The highest BCUT2D eigenvalue weighted by Gasteiger charge is 2.56. The van der Waals surface area contributed by atoms with Gasteiger partial charge in [0.2, 0.25) is 0 Å². The van der Waals surface area contributed by atoms with Gasteiger partial charge in [0.25, 0.3) is 0 Å². The first kappa shape index (κ1) is 9.80. The zero-order chi connectivity index (χ0) is 11.2. The molecule has 1 heterocycles. The molecule has 1 spiro atoms. The van der Waals surface area contributed by atoms with Crippen LogP contribution in [0, 0.1) is 23.1 Å². The summed E-state index contributed by atoms with van der Waals surface area (Å²) in [4.78, 5) is 0. The van der Waals surface area contributed by atoms with Crippen molar-refractivity contribution in [3.05, 3.63) is 35.6 Å². The zero-order valence-corrected chi connectivity index (χ0v) is 8.91. The molecule has 3 heteroatoms. The van der Waals surface area contributed by atoms with Crippen molar-refractivity contribution in [2.75, 3.05) is 6.54 Å². The molecule has 16 heavy (non-hydrogen) atoms. The van der Waals surface area contributed by atoms with Gasteiger partial charge < -0.3 is 5.32 Å². The van der Waals surface area contributed by atoms with Crippen molar-refractivity contribution in [2.24, 2.45) is 5.92 Å². The molecule has 82 valence electrons. The lowest BCUT2D eigenvalue weighted by Gasteiger charge is -2.16. The van der Waals surface area contributed by atoms with Gasteiger partial charge in [0.05, 0.1) is 12.0 Å². The van der Waals surface area contributed by atoms with Crippen LogP contribution in [-0.2, 0) is 0 Å². The molecule has 0 bridgehead atoms. The number of rotatable bonds is 1. The van der Waals surface area contributed by atoms with Crippen LogP contribution in [0.2, 0.25) is 0 Å². The zero-order valence-electron chi connectivity index (χ0n) is 8.91. The second-order valence-electron chi connectivity index (χ2n) is 4.81. The summed E-state index contributed by atoms with van der Waals surface area (Å²) in [6, 6.07) is 9.04. The Hall–Kier alpha value is -1.40. The molecular formula is C13H13FN2. The van der Waals surface area contributed by atoms with Crippen LogP contribution in [0.25, 0.3) is 0 Å². The molecule has 2 nitrogen and oxygen atoms in total. The quantitative estimate of drug-likeness (QED) is 0.781. The van der Waals surface area contributed by atoms with Crippen molar-refractivity contribution >= 4 is 0 Å². The van der Waals surface area contributed by atoms with Gasteiger partial charge in [-0.3, -0.25) is 0 Å². The van der Waals surface area contributed by atoms with E-state index < -0.39 is 0 Å². The van der Waals surface area contributed by atoms with Gasteiger partial charge >= 0.3 is 0 Å². The Morgan fingerprint density at radius 3 is 2.88 bits per heavy atom. The summed E-state index contributed by atoms with van der Waals surface area (Å²) >= 11 is 0. The van der Waals surface area contributed by atoms with Gasteiger partial charge in [-0.2, -0.15) is 5.26 Å². The van der Waals surface area contributed by atoms with E-state index in [0.29, 0.717) is 0 Å². The molecule has 0 aromatic heterocycles. The van der Waals surface area contributed by atoms with E-state index in [4.69, 9.17) is 0 Å². The van der Waals surface area contributed by atoms with Crippen molar-refractivity contribution < 1.29 is 4.39 Å². The SMILES string of the molecule is N#C[C@H]1[C@H](c2cccc(F)c2)CNC12CC2. The van der Waals surface area contributed by atoms with Crippen LogP contribution in [0.3, 0.4) is 0 Å². The Bertz CT molecular complexity index is 459. The predicted octanol–water partition coefficient (Wildman–Crippen LogP) is 2.18. The maximum atomic E-state index is 13.2. The molecule has 3 rings (SSSR count). The normalized spacial score (nSPS) is 30.2. The van der Waals surface area contributed by atoms with Crippen LogP contribution in [0.15, 0.2) is 24.3 Å². The number of nitriles is 1. The number of nitrogens with zero attached hydrogens (tertiary/aromatic N) is 1. The van der Waals surface area contributed by atoms with Crippen LogP contribution >= 0.6 is 0 Å². The largest absolute Gasteiger partial charge is 0.309 e. The second-order valence-corrected chi connectivity index (χ2v) is 4.81. The van der Waals surface area contributed by atoms with E-state index in [-0.39, 0.29) is 23.2 Å². The first-order valence-corrected chi connectivity index (χ1v) is 5.65. The topological polar surface area (TPSA) is 35.8 Å². The molecule has 1 N–H and O–H groups in total. The van der Waals surface area contributed by atoms with Crippen molar-refractivity contribution in [1.29, 1.82) is 5.26 Å². The van der Waals surface area contributed by atoms with Crippen LogP contribution in [0.5, 0.6) is 0 Å². The first-order chi connectivity index (χ1) is 7.75. The van der Waals surface area contributed by atoms with Gasteiger partial charge in [-0.25, -0.2) is 4.39 Å². The lowest BCUT2D eigenvalue weighted by Crippen LogP contribution is -2.28. The molecule has 0 amide bonds. The number of hydrogen-bond acceptors (Lipinski definition) is 2. The highest BCUT2D eigenvalue weighted by atomic mass is 19.1. The fourth-order valence-electron chi connectivity index (χ4n) is 2.81. The Balaban J connectivity index is 1.94. The molecule has 1 aliphatic carbocycles. The monoisotopic (exact) mass is 216 g/mol. The third-order valence-corrected chi connectivity index (χ3v) is 3.88. The molecule has 0 unspecified atom stereocenters. The number of halogens is 1. The Morgan fingerprint density at radius 1 is 1.44 bits per heavy atom. The number of benzene rings is 1. The third-order valence-electron chi connectivity index (χ3n) is 3.88. The van der Waals surface area contributed by atoms with E-state index in [1.54, 1.807) is 12.1 Å². The van der Waals surface area contributed by atoms with E-state index >= 15 is 0 Å². The minimum absolute atomic E-state index is 0.00528. The lowest BCUT2D eigenvalue weighted by molar-refractivity contribution is 0.495. The highest BCUT2D eigenvalue weighted by molar-refractivity contribution is 5.31. The Morgan fingerprint density at radius 2 is 2.25 bits per heavy atom. The smallest absolute Gasteiger partial charge is 0.123 e. The standard InChI is InChI=1S/C13H13FN2/c14-10-3-1-2-9(6-10)11-8-16-13(4-5-13)12(11)7-15/h1-3,6,11-12,16H,4-5,8H2/t11-,12-/m0/s1. The number of nitrogens with one attached hydrogen (secondary N) is 1. The summed E-state index contributed by atoms with van der Waals surface area (Å²) in [5, 5.41) is 12.7. The number of hydrogen-bond donors (Lipinski definition) is 1. The molecule has 1 aromatic rings. The van der Waals surface area contributed by atoms with Crippen molar-refractivity contribution in [3.63, 3.8) is 0 Å². The molecule has 1 aliphatic heterocycles. The van der Waals surface area contributed by atoms with Crippen LogP contribution in [0.4, 0.5) is 4.39 Å². The summed E-state index contributed by atoms with van der Waals surface area (Å²) in [7, 11) is 0. The molecule has 1 saturated carbocycles. The molecule has 2 aliphatic rings. The minimum Gasteiger partial charge on any atom is -0.309 e. The third kappa shape index (κ3) is 1.34. The van der Waals surface area contributed by atoms with Gasteiger partial charge in [-0.1, -0.05) is 12.1 Å². The van der Waals surface area contributed by atoms with Crippen LogP contribution < -0.4 is 5.32 Å². The lowest BCUT2D eigenvalue weighted by atomic mass is 9.85. The van der Waals surface area contributed by atoms with Crippen LogP contribution in [0.1, 0.15) is 24.3 Å². The van der Waals surface area contributed by atoms with E-state index in [1.807, 2.05) is 6.07 Å². The van der Waals surface area contributed by atoms with Gasteiger partial charge in [0.15, 0.2) is 0 Å². The Labute approximate surface area is 94.1 Å². The molecule has 1 aromatic carbocycles. The summed E-state index contributed by atoms with van der Waals surface area (Å²) in [5.74, 6) is -0.0802. The van der Waals surface area contributed by atoms with Gasteiger partial charge in [0, 0.05) is 18.0 Å². The summed E-state index contributed by atoms with van der Waals surface area (Å²) in [6.45, 7) is 0.793. The molecule has 2 fully saturated rings. The molecule has 0 radical (unpaired) electrons.